The number of urea groups is 1. The standard InChI is InChI=1S/C19H23ClN4O2/c20-15-5-3-14(4-6-15)12-24-17(7-10-21-24)23-18(25)22-16-11-19(26-13-16)8-1-2-9-19/h3-7,10,16H,1-2,8-9,11-13H2,(H2,22,23,25). The van der Waals surface area contributed by atoms with Crippen molar-refractivity contribution >= 4 is 23.4 Å². The molecule has 1 aromatic heterocycles. The van der Waals surface area contributed by atoms with Crippen molar-refractivity contribution in [2.24, 2.45) is 0 Å². The SMILES string of the molecule is O=C(Nc1ccnn1Cc1ccc(Cl)cc1)NC1COC2(CCCC2)C1. The molecule has 1 saturated heterocycles. The molecule has 2 N–H and O–H groups in total. The first-order valence-electron chi connectivity index (χ1n) is 9.10. The van der Waals surface area contributed by atoms with E-state index < -0.39 is 0 Å². The topological polar surface area (TPSA) is 68.2 Å². The van der Waals surface area contributed by atoms with Crippen LogP contribution in [0.25, 0.3) is 0 Å². The molecule has 2 aromatic rings. The second-order valence-corrected chi connectivity index (χ2v) is 7.64. The molecular formula is C19H23ClN4O2. The molecule has 1 spiro atoms. The second kappa shape index (κ2) is 7.29. The Morgan fingerprint density at radius 1 is 1.27 bits per heavy atom. The van der Waals surface area contributed by atoms with Crippen LogP contribution in [0.4, 0.5) is 10.6 Å². The number of benzene rings is 1. The molecule has 1 unspecified atom stereocenters. The quantitative estimate of drug-likeness (QED) is 0.855. The normalized spacial score (nSPS) is 21.2. The fourth-order valence-electron chi connectivity index (χ4n) is 3.97. The molecule has 0 radical (unpaired) electrons. The predicted octanol–water partition coefficient (Wildman–Crippen LogP) is 3.81. The zero-order chi connectivity index (χ0) is 18.0. The number of amides is 2. The average molecular weight is 375 g/mol. The summed E-state index contributed by atoms with van der Waals surface area (Å²) in [5.74, 6) is 0.659. The molecule has 2 fully saturated rings. The van der Waals surface area contributed by atoms with E-state index in [2.05, 4.69) is 15.7 Å². The minimum Gasteiger partial charge on any atom is -0.373 e. The van der Waals surface area contributed by atoms with Crippen molar-refractivity contribution in [1.82, 2.24) is 15.1 Å². The number of aromatic nitrogens is 2. The monoisotopic (exact) mass is 374 g/mol. The number of rotatable bonds is 4. The Bertz CT molecular complexity index is 768. The zero-order valence-corrected chi connectivity index (χ0v) is 15.3. The summed E-state index contributed by atoms with van der Waals surface area (Å²) in [6, 6.07) is 9.24. The van der Waals surface area contributed by atoms with Crippen LogP contribution in [0, 0.1) is 0 Å². The van der Waals surface area contributed by atoms with Crippen molar-refractivity contribution in [3.63, 3.8) is 0 Å². The van der Waals surface area contributed by atoms with E-state index in [-0.39, 0.29) is 17.7 Å². The third-order valence-corrected chi connectivity index (χ3v) is 5.51. The maximum absolute atomic E-state index is 12.4. The number of carbonyl (C=O) groups is 1. The Kier molecular flexibility index (Phi) is 4.87. The average Bonchev–Trinajstić information content (AvgIpc) is 3.34. The van der Waals surface area contributed by atoms with Crippen molar-refractivity contribution < 1.29 is 9.53 Å². The molecule has 26 heavy (non-hydrogen) atoms. The number of hydrogen-bond donors (Lipinski definition) is 2. The maximum Gasteiger partial charge on any atom is 0.320 e. The second-order valence-electron chi connectivity index (χ2n) is 7.20. The van der Waals surface area contributed by atoms with Gasteiger partial charge in [0.1, 0.15) is 5.82 Å². The lowest BCUT2D eigenvalue weighted by molar-refractivity contribution is 0.00998. The molecule has 1 atom stereocenters. The number of nitrogens with one attached hydrogen (secondary N) is 2. The molecule has 2 amide bonds. The molecule has 2 heterocycles. The summed E-state index contributed by atoms with van der Waals surface area (Å²) in [5, 5.41) is 10.9. The summed E-state index contributed by atoms with van der Waals surface area (Å²) >= 11 is 5.92. The van der Waals surface area contributed by atoms with Crippen molar-refractivity contribution in [1.29, 1.82) is 0 Å². The van der Waals surface area contributed by atoms with Gasteiger partial charge in [0, 0.05) is 11.1 Å². The summed E-state index contributed by atoms with van der Waals surface area (Å²) < 4.78 is 7.75. The summed E-state index contributed by atoms with van der Waals surface area (Å²) in [7, 11) is 0. The van der Waals surface area contributed by atoms with Gasteiger partial charge in [0.15, 0.2) is 0 Å². The van der Waals surface area contributed by atoms with Gasteiger partial charge < -0.3 is 10.1 Å². The van der Waals surface area contributed by atoms with Crippen LogP contribution < -0.4 is 10.6 Å². The van der Waals surface area contributed by atoms with Crippen LogP contribution in [0.15, 0.2) is 36.5 Å². The van der Waals surface area contributed by atoms with Gasteiger partial charge in [-0.15, -0.1) is 0 Å². The highest BCUT2D eigenvalue weighted by atomic mass is 35.5. The van der Waals surface area contributed by atoms with Crippen molar-refractivity contribution in [2.45, 2.75) is 50.3 Å². The summed E-state index contributed by atoms with van der Waals surface area (Å²) in [6.45, 7) is 1.16. The maximum atomic E-state index is 12.4. The molecule has 138 valence electrons. The number of ether oxygens (including phenoxy) is 1. The predicted molar refractivity (Wildman–Crippen MR) is 100 cm³/mol. The third-order valence-electron chi connectivity index (χ3n) is 5.26. The molecule has 1 aliphatic heterocycles. The van der Waals surface area contributed by atoms with E-state index in [4.69, 9.17) is 16.3 Å². The molecule has 1 saturated carbocycles. The van der Waals surface area contributed by atoms with Gasteiger partial charge in [-0.2, -0.15) is 5.10 Å². The van der Waals surface area contributed by atoms with Crippen LogP contribution in [0.1, 0.15) is 37.7 Å². The van der Waals surface area contributed by atoms with Crippen LogP contribution in [0.5, 0.6) is 0 Å². The van der Waals surface area contributed by atoms with Crippen LogP contribution in [0.2, 0.25) is 5.02 Å². The molecule has 2 aliphatic rings. The van der Waals surface area contributed by atoms with Crippen LogP contribution in [-0.4, -0.2) is 34.1 Å². The minimum atomic E-state index is -0.216. The van der Waals surface area contributed by atoms with Gasteiger partial charge in [-0.3, -0.25) is 5.32 Å². The number of nitrogens with zero attached hydrogens (tertiary/aromatic N) is 2. The van der Waals surface area contributed by atoms with Gasteiger partial charge in [-0.25, -0.2) is 9.48 Å². The smallest absolute Gasteiger partial charge is 0.320 e. The Morgan fingerprint density at radius 2 is 2.04 bits per heavy atom. The molecule has 6 nitrogen and oxygen atoms in total. The molecule has 7 heteroatoms. The lowest BCUT2D eigenvalue weighted by atomic mass is 9.96. The molecule has 0 bridgehead atoms. The van der Waals surface area contributed by atoms with E-state index in [1.54, 1.807) is 16.9 Å². The van der Waals surface area contributed by atoms with E-state index in [0.717, 1.165) is 24.8 Å². The summed E-state index contributed by atoms with van der Waals surface area (Å²) in [5.41, 5.74) is 1.07. The molecular weight excluding hydrogens is 352 g/mol. The van der Waals surface area contributed by atoms with Crippen LogP contribution in [0.3, 0.4) is 0 Å². The first kappa shape index (κ1) is 17.4. The van der Waals surface area contributed by atoms with E-state index in [9.17, 15) is 4.79 Å². The van der Waals surface area contributed by atoms with Gasteiger partial charge in [0.05, 0.1) is 31.0 Å². The fraction of sp³-hybridized carbons (Fsp3) is 0.474. The van der Waals surface area contributed by atoms with Crippen molar-refractivity contribution in [3.05, 3.63) is 47.1 Å². The van der Waals surface area contributed by atoms with Gasteiger partial charge in [0.2, 0.25) is 0 Å². The fourth-order valence-corrected chi connectivity index (χ4v) is 4.10. The van der Waals surface area contributed by atoms with E-state index in [1.807, 2.05) is 24.3 Å². The highest BCUT2D eigenvalue weighted by Gasteiger charge is 2.42. The van der Waals surface area contributed by atoms with Crippen molar-refractivity contribution in [2.75, 3.05) is 11.9 Å². The summed E-state index contributed by atoms with van der Waals surface area (Å²) in [4.78, 5) is 12.4. The Morgan fingerprint density at radius 3 is 2.81 bits per heavy atom. The number of carbonyl (C=O) groups excluding carboxylic acids is 1. The first-order chi connectivity index (χ1) is 12.6. The first-order valence-corrected chi connectivity index (χ1v) is 9.47. The van der Waals surface area contributed by atoms with Gasteiger partial charge in [-0.05, 0) is 37.0 Å². The highest BCUT2D eigenvalue weighted by Crippen LogP contribution is 2.40. The van der Waals surface area contributed by atoms with Gasteiger partial charge in [-0.1, -0.05) is 36.6 Å². The highest BCUT2D eigenvalue weighted by molar-refractivity contribution is 6.30. The van der Waals surface area contributed by atoms with E-state index in [0.29, 0.717) is 24.0 Å². The minimum absolute atomic E-state index is 0.00824. The lowest BCUT2D eigenvalue weighted by Gasteiger charge is -2.21. The molecule has 1 aromatic carbocycles. The van der Waals surface area contributed by atoms with E-state index in [1.165, 1.54) is 12.8 Å². The largest absolute Gasteiger partial charge is 0.373 e. The van der Waals surface area contributed by atoms with Gasteiger partial charge in [0.25, 0.3) is 0 Å². The summed E-state index contributed by atoms with van der Waals surface area (Å²) in [6.07, 6.45) is 7.26. The Hall–Kier alpha value is -2.05. The zero-order valence-electron chi connectivity index (χ0n) is 14.6. The third kappa shape index (κ3) is 3.86. The number of anilines is 1. The molecule has 4 rings (SSSR count). The number of halogens is 1. The Labute approximate surface area is 157 Å². The molecule has 1 aliphatic carbocycles. The lowest BCUT2D eigenvalue weighted by Crippen LogP contribution is -2.39. The van der Waals surface area contributed by atoms with Crippen molar-refractivity contribution in [3.8, 4) is 0 Å². The van der Waals surface area contributed by atoms with Crippen LogP contribution in [-0.2, 0) is 11.3 Å². The number of hydrogen-bond acceptors (Lipinski definition) is 3. The van der Waals surface area contributed by atoms with E-state index >= 15 is 0 Å². The van der Waals surface area contributed by atoms with Gasteiger partial charge >= 0.3 is 6.03 Å². The van der Waals surface area contributed by atoms with Crippen LogP contribution >= 0.6 is 11.6 Å². The Balaban J connectivity index is 1.33.